The molecule has 0 saturated heterocycles. The molecule has 192 valence electrons. The van der Waals surface area contributed by atoms with Crippen molar-refractivity contribution in [2.45, 2.75) is 51.9 Å². The largest absolute Gasteiger partial charge is 0.373 e. The Kier molecular flexibility index (Phi) is 11.0. The molecule has 0 bridgehead atoms. The fourth-order valence-corrected chi connectivity index (χ4v) is 5.64. The summed E-state index contributed by atoms with van der Waals surface area (Å²) in [5.41, 5.74) is 4.61. The standard InChI is InChI=1S/C28H36O6Si2/c1-8-11-12-13-26(31-33-27(29)22-14-18-24(19-15-22)35(4,5)9-2)32-34-28(30)23-16-20-25(21-17-23)36(6,7)10-3/h9-10,14-21H,1-3,8,11-13H2,4-7H3. The van der Waals surface area contributed by atoms with Crippen molar-refractivity contribution in [1.82, 2.24) is 0 Å². The summed E-state index contributed by atoms with van der Waals surface area (Å²) < 4.78 is 0. The van der Waals surface area contributed by atoms with Gasteiger partial charge in [0.15, 0.2) is 0 Å². The topological polar surface area (TPSA) is 71.1 Å². The molecule has 0 atom stereocenters. The quantitative estimate of drug-likeness (QED) is 0.136. The molecular formula is C28H36O6Si2. The average molecular weight is 525 g/mol. The van der Waals surface area contributed by atoms with Gasteiger partial charge in [0.25, 0.3) is 0 Å². The maximum atomic E-state index is 12.5. The molecule has 8 heteroatoms. The molecule has 6 nitrogen and oxygen atoms in total. The van der Waals surface area contributed by atoms with E-state index in [1.54, 1.807) is 24.3 Å². The van der Waals surface area contributed by atoms with Crippen LogP contribution in [0.5, 0.6) is 0 Å². The van der Waals surface area contributed by atoms with Crippen LogP contribution in [0.3, 0.4) is 0 Å². The van der Waals surface area contributed by atoms with Crippen LogP contribution in [-0.2, 0) is 19.6 Å². The summed E-state index contributed by atoms with van der Waals surface area (Å²) in [4.78, 5) is 45.1. The van der Waals surface area contributed by atoms with E-state index in [-0.39, 0.29) is 12.7 Å². The smallest absolute Gasteiger partial charge is 0.289 e. The highest BCUT2D eigenvalue weighted by Gasteiger charge is 2.24. The van der Waals surface area contributed by atoms with Crippen LogP contribution in [0.4, 0.5) is 0 Å². The van der Waals surface area contributed by atoms with Gasteiger partial charge in [-0.1, -0.05) is 92.0 Å². The lowest BCUT2D eigenvalue weighted by atomic mass is 10.2. The van der Waals surface area contributed by atoms with Gasteiger partial charge in [-0.15, -0.1) is 22.9 Å². The Bertz CT molecular complexity index is 950. The van der Waals surface area contributed by atoms with Gasteiger partial charge in [0.2, 0.25) is 0 Å². The van der Waals surface area contributed by atoms with Crippen molar-refractivity contribution in [3.05, 3.63) is 97.4 Å². The van der Waals surface area contributed by atoms with E-state index in [1.807, 2.05) is 35.7 Å². The minimum atomic E-state index is -1.73. The molecule has 0 spiro atoms. The number of hydrogen-bond acceptors (Lipinski definition) is 6. The fraction of sp³-hybridized carbons (Fsp3) is 0.286. The molecule has 2 aromatic carbocycles. The third-order valence-electron chi connectivity index (χ3n) is 6.05. The Morgan fingerprint density at radius 1 is 0.694 bits per heavy atom. The van der Waals surface area contributed by atoms with E-state index in [1.165, 1.54) is 0 Å². The van der Waals surface area contributed by atoms with E-state index in [2.05, 4.69) is 46.3 Å². The van der Waals surface area contributed by atoms with E-state index in [9.17, 15) is 9.59 Å². The maximum absolute atomic E-state index is 12.5. The number of carbonyl (C=O) groups excluding carboxylic acids is 2. The van der Waals surface area contributed by atoms with Gasteiger partial charge in [-0.05, 0) is 30.7 Å². The van der Waals surface area contributed by atoms with Gasteiger partial charge in [0, 0.05) is 6.42 Å². The van der Waals surface area contributed by atoms with Crippen LogP contribution in [-0.4, -0.2) is 28.1 Å². The first-order valence-electron chi connectivity index (χ1n) is 11.9. The lowest BCUT2D eigenvalue weighted by Crippen LogP contribution is -2.39. The Labute approximate surface area is 216 Å². The average Bonchev–Trinajstić information content (AvgIpc) is 2.89. The zero-order chi connectivity index (χ0) is 26.8. The Balaban J connectivity index is 1.97. The number of carbonyl (C=O) groups is 2. The molecule has 2 radical (unpaired) electrons. The summed E-state index contributed by atoms with van der Waals surface area (Å²) in [7, 11) is -3.46. The van der Waals surface area contributed by atoms with Crippen molar-refractivity contribution in [3.8, 4) is 0 Å². The molecular weight excluding hydrogens is 488 g/mol. The molecule has 0 amide bonds. The van der Waals surface area contributed by atoms with Crippen LogP contribution in [0.2, 0.25) is 26.2 Å². The van der Waals surface area contributed by atoms with Crippen LogP contribution in [0.1, 0.15) is 46.4 Å². The maximum Gasteiger partial charge on any atom is 0.373 e. The number of benzene rings is 2. The number of rotatable bonds is 14. The SMILES string of the molecule is [CH2]CCCC[C](OOC(=O)c1ccc([Si](C)(C)C=C)cc1)OOC(=O)c1ccc([Si](C)(C)C=C)cc1. The first-order valence-corrected chi connectivity index (χ1v) is 18.1. The second-order valence-electron chi connectivity index (χ2n) is 9.60. The molecule has 0 aliphatic carbocycles. The summed E-state index contributed by atoms with van der Waals surface area (Å²) in [6.07, 6.45) is 2.32. The molecule has 0 saturated carbocycles. The summed E-state index contributed by atoms with van der Waals surface area (Å²) >= 11 is 0. The Hall–Kier alpha value is -2.79. The molecule has 0 aliphatic heterocycles. The van der Waals surface area contributed by atoms with Gasteiger partial charge in [-0.2, -0.15) is 0 Å². The zero-order valence-corrected chi connectivity index (χ0v) is 23.7. The van der Waals surface area contributed by atoms with Crippen molar-refractivity contribution in [2.75, 3.05) is 0 Å². The van der Waals surface area contributed by atoms with E-state index in [0.717, 1.165) is 23.2 Å². The fourth-order valence-electron chi connectivity index (χ4n) is 3.12. The lowest BCUT2D eigenvalue weighted by Gasteiger charge is -2.18. The van der Waals surface area contributed by atoms with Crippen molar-refractivity contribution in [3.63, 3.8) is 0 Å². The Morgan fingerprint density at radius 2 is 1.08 bits per heavy atom. The molecule has 2 rings (SSSR count). The molecule has 0 N–H and O–H groups in total. The summed E-state index contributed by atoms with van der Waals surface area (Å²) in [5.74, 6) is -1.37. The predicted molar refractivity (Wildman–Crippen MR) is 148 cm³/mol. The molecule has 0 unspecified atom stereocenters. The van der Waals surface area contributed by atoms with Gasteiger partial charge < -0.3 is 0 Å². The second kappa shape index (κ2) is 13.5. The van der Waals surface area contributed by atoms with Gasteiger partial charge in [-0.25, -0.2) is 9.59 Å². The summed E-state index contributed by atoms with van der Waals surface area (Å²) in [6, 6.07) is 14.3. The van der Waals surface area contributed by atoms with Gasteiger partial charge >= 0.3 is 18.2 Å². The van der Waals surface area contributed by atoms with E-state index >= 15 is 0 Å². The molecule has 36 heavy (non-hydrogen) atoms. The Morgan fingerprint density at radius 3 is 1.42 bits per heavy atom. The van der Waals surface area contributed by atoms with Crippen LogP contribution >= 0.6 is 0 Å². The second-order valence-corrected chi connectivity index (χ2v) is 18.5. The lowest BCUT2D eigenvalue weighted by molar-refractivity contribution is -0.363. The normalized spacial score (nSPS) is 11.7. The van der Waals surface area contributed by atoms with Crippen molar-refractivity contribution < 1.29 is 29.1 Å². The van der Waals surface area contributed by atoms with Gasteiger partial charge in [-0.3, -0.25) is 9.78 Å². The highest BCUT2D eigenvalue weighted by molar-refractivity contribution is 6.94. The van der Waals surface area contributed by atoms with Crippen LogP contribution in [0.15, 0.2) is 73.1 Å². The van der Waals surface area contributed by atoms with Crippen molar-refractivity contribution >= 4 is 38.5 Å². The first kappa shape index (κ1) is 29.4. The van der Waals surface area contributed by atoms with Crippen LogP contribution < -0.4 is 10.4 Å². The molecule has 0 heterocycles. The van der Waals surface area contributed by atoms with E-state index in [4.69, 9.17) is 19.6 Å². The third kappa shape index (κ3) is 8.41. The van der Waals surface area contributed by atoms with Crippen LogP contribution in [0, 0.1) is 13.2 Å². The molecule has 0 aliphatic rings. The van der Waals surface area contributed by atoms with Crippen molar-refractivity contribution in [1.29, 1.82) is 0 Å². The highest BCUT2D eigenvalue weighted by atomic mass is 28.3. The van der Waals surface area contributed by atoms with Gasteiger partial charge in [0.05, 0.1) is 11.1 Å². The summed E-state index contributed by atoms with van der Waals surface area (Å²) in [5, 5.41) is 2.29. The monoisotopic (exact) mass is 524 g/mol. The van der Waals surface area contributed by atoms with Gasteiger partial charge in [0.1, 0.15) is 16.1 Å². The molecule has 0 aromatic heterocycles. The zero-order valence-electron chi connectivity index (χ0n) is 21.7. The number of unbranched alkanes of at least 4 members (excludes halogenated alkanes) is 2. The van der Waals surface area contributed by atoms with E-state index < -0.39 is 28.1 Å². The van der Waals surface area contributed by atoms with Crippen LogP contribution in [0.25, 0.3) is 0 Å². The first-order chi connectivity index (χ1) is 17.0. The van der Waals surface area contributed by atoms with Crippen molar-refractivity contribution in [2.24, 2.45) is 0 Å². The number of hydrogen-bond donors (Lipinski definition) is 0. The van der Waals surface area contributed by atoms with E-state index in [0.29, 0.717) is 17.5 Å². The third-order valence-corrected chi connectivity index (χ3v) is 11.7. The minimum absolute atomic E-state index is 0.126. The summed E-state index contributed by atoms with van der Waals surface area (Å²) in [6.45, 7) is 20.3. The minimum Gasteiger partial charge on any atom is -0.289 e. The molecule has 2 aromatic rings. The predicted octanol–water partition coefficient (Wildman–Crippen LogP) is 5.73. The highest BCUT2D eigenvalue weighted by Crippen LogP contribution is 2.18. The molecule has 0 fully saturated rings.